The van der Waals surface area contributed by atoms with E-state index in [0.29, 0.717) is 31.6 Å². The summed E-state index contributed by atoms with van der Waals surface area (Å²) in [5.74, 6) is -0.821. The number of aldehydes is 1. The van der Waals surface area contributed by atoms with Gasteiger partial charge in [-0.15, -0.1) is 0 Å². The van der Waals surface area contributed by atoms with Gasteiger partial charge < -0.3 is 9.64 Å². The Hall–Kier alpha value is -1.65. The number of amides is 1. The maximum atomic E-state index is 11.4. The number of rotatable bonds is 11. The zero-order chi connectivity index (χ0) is 15.4. The quantitative estimate of drug-likeness (QED) is 0.191. The molecule has 0 saturated carbocycles. The Balaban J connectivity index is 3.78. The van der Waals surface area contributed by atoms with Crippen molar-refractivity contribution in [3.63, 3.8) is 0 Å². The Morgan fingerprint density at radius 2 is 1.80 bits per heavy atom. The van der Waals surface area contributed by atoms with Gasteiger partial charge in [-0.25, -0.2) is 4.79 Å². The maximum absolute atomic E-state index is 11.4. The van der Waals surface area contributed by atoms with Crippen LogP contribution in [0.1, 0.15) is 46.0 Å². The summed E-state index contributed by atoms with van der Waals surface area (Å²) < 4.78 is 4.97. The van der Waals surface area contributed by atoms with E-state index in [0.717, 1.165) is 32.1 Å². The maximum Gasteiger partial charge on any atom is 0.333 e. The Morgan fingerprint density at radius 1 is 1.15 bits per heavy atom. The summed E-state index contributed by atoms with van der Waals surface area (Å²) in [6, 6.07) is 0. The molecule has 0 fully saturated rings. The smallest absolute Gasteiger partial charge is 0.333 e. The average molecular weight is 283 g/mol. The fourth-order valence-electron chi connectivity index (χ4n) is 1.63. The molecule has 0 aliphatic rings. The van der Waals surface area contributed by atoms with Crippen LogP contribution >= 0.6 is 0 Å². The third-order valence-corrected chi connectivity index (χ3v) is 2.85. The van der Waals surface area contributed by atoms with Crippen LogP contribution in [0.4, 0.5) is 0 Å². The van der Waals surface area contributed by atoms with E-state index >= 15 is 0 Å². The summed E-state index contributed by atoms with van der Waals surface area (Å²) in [6.45, 7) is 8.71. The van der Waals surface area contributed by atoms with Crippen LogP contribution in [0.25, 0.3) is 0 Å². The molecular formula is C15H25NO4. The van der Waals surface area contributed by atoms with Gasteiger partial charge >= 0.3 is 5.97 Å². The van der Waals surface area contributed by atoms with Crippen LogP contribution in [0.3, 0.4) is 0 Å². The van der Waals surface area contributed by atoms with Gasteiger partial charge in [0.25, 0.3) is 5.91 Å². The number of unbranched alkanes of at least 4 members (excludes halogenated alkanes) is 3. The zero-order valence-electron chi connectivity index (χ0n) is 12.5. The zero-order valence-corrected chi connectivity index (χ0v) is 12.5. The van der Waals surface area contributed by atoms with Crippen LogP contribution in [0, 0.1) is 0 Å². The number of carbonyl (C=O) groups is 3. The number of ether oxygens (including phenoxy) is 1. The lowest BCUT2D eigenvalue weighted by molar-refractivity contribution is -0.139. The molecule has 0 aromatic rings. The molecule has 0 radical (unpaired) electrons. The minimum atomic E-state index is -0.452. The Morgan fingerprint density at radius 3 is 2.35 bits per heavy atom. The molecule has 0 spiro atoms. The fraction of sp³-hybridized carbons (Fsp3) is 0.667. The molecule has 0 unspecified atom stereocenters. The average Bonchev–Trinajstić information content (AvgIpc) is 2.44. The van der Waals surface area contributed by atoms with Gasteiger partial charge in [0.1, 0.15) is 0 Å². The predicted molar refractivity (Wildman–Crippen MR) is 77.2 cm³/mol. The fourth-order valence-corrected chi connectivity index (χ4v) is 1.63. The van der Waals surface area contributed by atoms with Crippen molar-refractivity contribution >= 4 is 18.2 Å². The third kappa shape index (κ3) is 8.45. The Kier molecular flexibility index (Phi) is 10.3. The van der Waals surface area contributed by atoms with Crippen molar-refractivity contribution in [1.29, 1.82) is 0 Å². The first kappa shape index (κ1) is 18.4. The summed E-state index contributed by atoms with van der Waals surface area (Å²) in [5.41, 5.74) is 0.396. The van der Waals surface area contributed by atoms with Crippen LogP contribution in [0.2, 0.25) is 0 Å². The van der Waals surface area contributed by atoms with Gasteiger partial charge in [-0.05, 0) is 32.6 Å². The first-order valence-electron chi connectivity index (χ1n) is 7.09. The lowest BCUT2D eigenvalue weighted by Crippen LogP contribution is -2.33. The predicted octanol–water partition coefficient (Wildman–Crippen LogP) is 2.10. The molecule has 0 atom stereocenters. The van der Waals surface area contributed by atoms with Gasteiger partial charge in [-0.3, -0.25) is 9.59 Å². The van der Waals surface area contributed by atoms with Crippen LogP contribution < -0.4 is 0 Å². The number of hydrogen-bond acceptors (Lipinski definition) is 4. The van der Waals surface area contributed by atoms with Crippen molar-refractivity contribution in [1.82, 2.24) is 4.90 Å². The summed E-state index contributed by atoms with van der Waals surface area (Å²) >= 11 is 0. The molecular weight excluding hydrogens is 258 g/mol. The molecule has 0 saturated heterocycles. The number of hydrogen-bond donors (Lipinski definition) is 0. The van der Waals surface area contributed by atoms with Crippen LogP contribution in [-0.4, -0.2) is 42.8 Å². The highest BCUT2D eigenvalue weighted by Crippen LogP contribution is 2.03. The second-order valence-corrected chi connectivity index (χ2v) is 4.77. The van der Waals surface area contributed by atoms with E-state index in [-0.39, 0.29) is 5.97 Å². The lowest BCUT2D eigenvalue weighted by atomic mass is 10.2. The highest BCUT2D eigenvalue weighted by atomic mass is 16.5. The number of nitrogens with zero attached hydrogens (tertiary/aromatic N) is 1. The van der Waals surface area contributed by atoms with E-state index in [1.807, 2.05) is 6.92 Å². The molecule has 0 bridgehead atoms. The van der Waals surface area contributed by atoms with Gasteiger partial charge in [-0.2, -0.15) is 0 Å². The van der Waals surface area contributed by atoms with Gasteiger partial charge in [0.15, 0.2) is 0 Å². The lowest BCUT2D eigenvalue weighted by Gasteiger charge is -2.19. The largest absolute Gasteiger partial charge is 0.462 e. The van der Waals surface area contributed by atoms with E-state index < -0.39 is 5.91 Å². The van der Waals surface area contributed by atoms with Crippen LogP contribution in [0.15, 0.2) is 12.2 Å². The second-order valence-electron chi connectivity index (χ2n) is 4.77. The first-order valence-corrected chi connectivity index (χ1v) is 7.09. The topological polar surface area (TPSA) is 63.7 Å². The van der Waals surface area contributed by atoms with Crippen molar-refractivity contribution in [3.05, 3.63) is 12.2 Å². The highest BCUT2D eigenvalue weighted by molar-refractivity contribution is 6.23. The molecule has 114 valence electrons. The molecule has 0 aliphatic carbocycles. The van der Waals surface area contributed by atoms with Crippen molar-refractivity contribution < 1.29 is 19.1 Å². The van der Waals surface area contributed by atoms with Crippen molar-refractivity contribution in [2.45, 2.75) is 46.0 Å². The van der Waals surface area contributed by atoms with Crippen molar-refractivity contribution in [3.8, 4) is 0 Å². The molecule has 0 aromatic carbocycles. The molecule has 20 heavy (non-hydrogen) atoms. The molecule has 0 aromatic heterocycles. The van der Waals surface area contributed by atoms with Gasteiger partial charge in [-0.1, -0.05) is 19.9 Å². The molecule has 5 heteroatoms. The van der Waals surface area contributed by atoms with E-state index in [9.17, 15) is 14.4 Å². The molecule has 0 N–H and O–H groups in total. The summed E-state index contributed by atoms with van der Waals surface area (Å²) in [7, 11) is 0. The van der Waals surface area contributed by atoms with Gasteiger partial charge in [0.05, 0.1) is 6.61 Å². The summed E-state index contributed by atoms with van der Waals surface area (Å²) in [6.07, 6.45) is 4.64. The monoisotopic (exact) mass is 283 g/mol. The number of carbonyl (C=O) groups excluding carboxylic acids is 3. The molecule has 1 amide bonds. The summed E-state index contributed by atoms with van der Waals surface area (Å²) in [5, 5.41) is 0. The van der Waals surface area contributed by atoms with Crippen LogP contribution in [0.5, 0.6) is 0 Å². The SMILES string of the molecule is C=C(C)C(=O)OCCCCCN(CCCC)C(=O)C=O. The van der Waals surface area contributed by atoms with Crippen molar-refractivity contribution in [2.24, 2.45) is 0 Å². The third-order valence-electron chi connectivity index (χ3n) is 2.85. The first-order chi connectivity index (χ1) is 9.52. The van der Waals surface area contributed by atoms with E-state index in [1.165, 1.54) is 0 Å². The number of esters is 1. The van der Waals surface area contributed by atoms with Crippen molar-refractivity contribution in [2.75, 3.05) is 19.7 Å². The molecule has 5 nitrogen and oxygen atoms in total. The Bertz CT molecular complexity index is 339. The second kappa shape index (κ2) is 11.2. The minimum Gasteiger partial charge on any atom is -0.462 e. The standard InChI is InChI=1S/C15H25NO4/c1-4-5-9-16(14(18)12-17)10-7-6-8-11-20-15(19)13(2)3/h12H,2,4-11H2,1,3H3. The van der Waals surface area contributed by atoms with Gasteiger partial charge in [0, 0.05) is 18.7 Å². The minimum absolute atomic E-state index is 0.363. The van der Waals surface area contributed by atoms with E-state index in [2.05, 4.69) is 6.58 Å². The van der Waals surface area contributed by atoms with Crippen LogP contribution in [-0.2, 0) is 19.1 Å². The van der Waals surface area contributed by atoms with E-state index in [4.69, 9.17) is 4.74 Å². The molecule has 0 rings (SSSR count). The van der Waals surface area contributed by atoms with Gasteiger partial charge in [0.2, 0.25) is 6.29 Å². The molecule has 0 aliphatic heterocycles. The highest BCUT2D eigenvalue weighted by Gasteiger charge is 2.11. The molecule has 0 heterocycles. The summed E-state index contributed by atoms with van der Waals surface area (Å²) in [4.78, 5) is 34.6. The Labute approximate surface area is 121 Å². The van der Waals surface area contributed by atoms with E-state index in [1.54, 1.807) is 11.8 Å². The normalized spacial score (nSPS) is 9.90.